The molecule has 0 radical (unpaired) electrons. The van der Waals surface area contributed by atoms with Gasteiger partial charge in [-0.05, 0) is 38.4 Å². The number of nitrogens with zero attached hydrogens (tertiary/aromatic N) is 2. The van der Waals surface area contributed by atoms with Crippen molar-refractivity contribution in [3.63, 3.8) is 0 Å². The molecule has 0 aliphatic carbocycles. The molecule has 2 rings (SSSR count). The third-order valence-electron chi connectivity index (χ3n) is 3.08. The summed E-state index contributed by atoms with van der Waals surface area (Å²) in [5.41, 5.74) is 2.17. The number of aryl methyl sites for hydroxylation is 1. The molecule has 0 bridgehead atoms. The number of likely N-dealkylation sites (tertiary alicyclic amines) is 1. The number of aromatic nitrogens is 1. The van der Waals surface area contributed by atoms with Crippen molar-refractivity contribution in [1.82, 2.24) is 9.88 Å². The van der Waals surface area contributed by atoms with Crippen LogP contribution in [0.1, 0.15) is 24.2 Å². The van der Waals surface area contributed by atoms with Crippen molar-refractivity contribution in [3.05, 3.63) is 29.6 Å². The van der Waals surface area contributed by atoms with Crippen LogP contribution in [0.15, 0.2) is 18.2 Å². The molecule has 0 aromatic carbocycles. The summed E-state index contributed by atoms with van der Waals surface area (Å²) in [5, 5.41) is 0. The van der Waals surface area contributed by atoms with E-state index >= 15 is 0 Å². The summed E-state index contributed by atoms with van der Waals surface area (Å²) in [6.45, 7) is 4.57. The Bertz CT molecular complexity index is 340. The van der Waals surface area contributed by atoms with E-state index in [1.54, 1.807) is 0 Å². The fraction of sp³-hybridized carbons (Fsp3) is 0.615. The smallest absolute Gasteiger partial charge is 0.113 e. The minimum absolute atomic E-state index is 0.603. The topological polar surface area (TPSA) is 16.1 Å². The van der Waals surface area contributed by atoms with E-state index in [0.717, 1.165) is 43.7 Å². The van der Waals surface area contributed by atoms with Crippen LogP contribution in [0.5, 0.6) is 0 Å². The van der Waals surface area contributed by atoms with Crippen LogP contribution in [0.3, 0.4) is 0 Å². The van der Waals surface area contributed by atoms with Crippen molar-refractivity contribution in [3.8, 4) is 0 Å². The Morgan fingerprint density at radius 2 is 2.38 bits per heavy atom. The Morgan fingerprint density at radius 3 is 3.12 bits per heavy atom. The molecule has 1 aliphatic heterocycles. The molecular formula is C13H19FN2. The van der Waals surface area contributed by atoms with Crippen LogP contribution in [-0.4, -0.2) is 35.7 Å². The summed E-state index contributed by atoms with van der Waals surface area (Å²) in [6.07, 6.45) is 2.02. The zero-order valence-electron chi connectivity index (χ0n) is 9.82. The molecule has 1 unspecified atom stereocenters. The summed E-state index contributed by atoms with van der Waals surface area (Å²) in [6, 6.07) is 6.08. The fourth-order valence-corrected chi connectivity index (χ4v) is 2.21. The molecular weight excluding hydrogens is 203 g/mol. The molecule has 0 amide bonds. The first kappa shape index (κ1) is 11.5. The van der Waals surface area contributed by atoms with E-state index in [2.05, 4.69) is 9.88 Å². The highest BCUT2D eigenvalue weighted by molar-refractivity contribution is 5.10. The van der Waals surface area contributed by atoms with Crippen LogP contribution in [0.25, 0.3) is 0 Å². The van der Waals surface area contributed by atoms with Gasteiger partial charge in [0.15, 0.2) is 0 Å². The first-order valence-corrected chi connectivity index (χ1v) is 6.03. The average molecular weight is 222 g/mol. The Kier molecular flexibility index (Phi) is 3.88. The second-order valence-corrected chi connectivity index (χ2v) is 4.56. The largest absolute Gasteiger partial charge is 0.300 e. The molecule has 0 N–H and O–H groups in total. The van der Waals surface area contributed by atoms with Crippen LogP contribution in [0, 0.1) is 6.92 Å². The van der Waals surface area contributed by atoms with Crippen LogP contribution in [0.2, 0.25) is 0 Å². The predicted octanol–water partition coefficient (Wildman–Crippen LogP) is 2.37. The molecule has 0 saturated carbocycles. The molecule has 1 aromatic rings. The van der Waals surface area contributed by atoms with E-state index in [1.807, 2.05) is 25.1 Å². The lowest BCUT2D eigenvalue weighted by Crippen LogP contribution is -2.37. The molecule has 1 saturated heterocycles. The van der Waals surface area contributed by atoms with Gasteiger partial charge in [0.2, 0.25) is 0 Å². The van der Waals surface area contributed by atoms with Gasteiger partial charge < -0.3 is 4.90 Å². The van der Waals surface area contributed by atoms with Gasteiger partial charge >= 0.3 is 0 Å². The van der Waals surface area contributed by atoms with E-state index in [1.165, 1.54) is 0 Å². The number of hydrogen-bond donors (Lipinski definition) is 0. The predicted molar refractivity (Wildman–Crippen MR) is 63.2 cm³/mol. The number of halogens is 1. The van der Waals surface area contributed by atoms with Crippen LogP contribution in [-0.2, 0) is 6.42 Å². The highest BCUT2D eigenvalue weighted by atomic mass is 19.1. The van der Waals surface area contributed by atoms with E-state index in [9.17, 15) is 4.39 Å². The van der Waals surface area contributed by atoms with Gasteiger partial charge in [-0.25, -0.2) is 4.39 Å². The fourth-order valence-electron chi connectivity index (χ4n) is 2.21. The summed E-state index contributed by atoms with van der Waals surface area (Å²) >= 11 is 0. The van der Waals surface area contributed by atoms with Gasteiger partial charge in [-0.1, -0.05) is 6.07 Å². The molecule has 2 heterocycles. The summed E-state index contributed by atoms with van der Waals surface area (Å²) < 4.78 is 13.2. The van der Waals surface area contributed by atoms with E-state index in [4.69, 9.17) is 0 Å². The lowest BCUT2D eigenvalue weighted by molar-refractivity contribution is 0.139. The lowest BCUT2D eigenvalue weighted by Gasteiger charge is -2.28. The minimum Gasteiger partial charge on any atom is -0.300 e. The number of pyridine rings is 1. The SMILES string of the molecule is Cc1cccc(CCN2CCCC(F)C2)n1. The molecule has 88 valence electrons. The molecule has 1 atom stereocenters. The Hall–Kier alpha value is -0.960. The lowest BCUT2D eigenvalue weighted by atomic mass is 10.1. The third kappa shape index (κ3) is 3.27. The van der Waals surface area contributed by atoms with Crippen molar-refractivity contribution in [2.24, 2.45) is 0 Å². The maximum absolute atomic E-state index is 13.2. The van der Waals surface area contributed by atoms with Crippen LogP contribution >= 0.6 is 0 Å². The molecule has 2 nitrogen and oxygen atoms in total. The molecule has 0 spiro atoms. The van der Waals surface area contributed by atoms with E-state index in [-0.39, 0.29) is 0 Å². The van der Waals surface area contributed by atoms with Crippen molar-refractivity contribution >= 4 is 0 Å². The average Bonchev–Trinajstić information content (AvgIpc) is 2.27. The Morgan fingerprint density at radius 1 is 1.50 bits per heavy atom. The molecule has 1 fully saturated rings. The number of rotatable bonds is 3. The highest BCUT2D eigenvalue weighted by Crippen LogP contribution is 2.13. The van der Waals surface area contributed by atoms with Gasteiger partial charge in [0.05, 0.1) is 0 Å². The maximum atomic E-state index is 13.2. The molecule has 1 aromatic heterocycles. The standard InChI is InChI=1S/C13H19FN2/c1-11-4-2-6-13(15-11)7-9-16-8-3-5-12(14)10-16/h2,4,6,12H,3,5,7-10H2,1H3. The van der Waals surface area contributed by atoms with Gasteiger partial charge in [0, 0.05) is 30.9 Å². The first-order chi connectivity index (χ1) is 7.74. The molecule has 1 aliphatic rings. The van der Waals surface area contributed by atoms with Crippen LogP contribution < -0.4 is 0 Å². The van der Waals surface area contributed by atoms with Crippen molar-refractivity contribution in [2.45, 2.75) is 32.4 Å². The number of alkyl halides is 1. The number of hydrogen-bond acceptors (Lipinski definition) is 2. The zero-order valence-corrected chi connectivity index (χ0v) is 9.82. The monoisotopic (exact) mass is 222 g/mol. The minimum atomic E-state index is -0.626. The van der Waals surface area contributed by atoms with Crippen LogP contribution in [0.4, 0.5) is 4.39 Å². The zero-order chi connectivity index (χ0) is 11.4. The summed E-state index contributed by atoms with van der Waals surface area (Å²) in [7, 11) is 0. The normalized spacial score (nSPS) is 22.2. The van der Waals surface area contributed by atoms with Gasteiger partial charge in [-0.3, -0.25) is 4.98 Å². The highest BCUT2D eigenvalue weighted by Gasteiger charge is 2.18. The van der Waals surface area contributed by atoms with Gasteiger partial charge in [0.25, 0.3) is 0 Å². The van der Waals surface area contributed by atoms with Gasteiger partial charge in [0.1, 0.15) is 6.17 Å². The van der Waals surface area contributed by atoms with Crippen molar-refractivity contribution in [2.75, 3.05) is 19.6 Å². The van der Waals surface area contributed by atoms with Gasteiger partial charge in [-0.15, -0.1) is 0 Å². The quantitative estimate of drug-likeness (QED) is 0.780. The summed E-state index contributed by atoms with van der Waals surface area (Å²) in [5.74, 6) is 0. The Balaban J connectivity index is 1.82. The van der Waals surface area contributed by atoms with E-state index in [0.29, 0.717) is 6.54 Å². The third-order valence-corrected chi connectivity index (χ3v) is 3.08. The van der Waals surface area contributed by atoms with Crippen molar-refractivity contribution < 1.29 is 4.39 Å². The number of piperidine rings is 1. The Labute approximate surface area is 96.5 Å². The first-order valence-electron chi connectivity index (χ1n) is 6.03. The van der Waals surface area contributed by atoms with Crippen molar-refractivity contribution in [1.29, 1.82) is 0 Å². The van der Waals surface area contributed by atoms with Gasteiger partial charge in [-0.2, -0.15) is 0 Å². The second-order valence-electron chi connectivity index (χ2n) is 4.56. The molecule has 16 heavy (non-hydrogen) atoms. The molecule has 3 heteroatoms. The summed E-state index contributed by atoms with van der Waals surface area (Å²) in [4.78, 5) is 6.66. The maximum Gasteiger partial charge on any atom is 0.113 e. The van der Waals surface area contributed by atoms with E-state index < -0.39 is 6.17 Å². The second kappa shape index (κ2) is 5.39.